The van der Waals surface area contributed by atoms with E-state index in [0.29, 0.717) is 35.1 Å². The first kappa shape index (κ1) is 23.4. The van der Waals surface area contributed by atoms with E-state index < -0.39 is 6.04 Å². The van der Waals surface area contributed by atoms with Gasteiger partial charge in [-0.15, -0.1) is 0 Å². The highest BCUT2D eigenvalue weighted by molar-refractivity contribution is 6.30. The topological polar surface area (TPSA) is 97.0 Å². The average Bonchev–Trinajstić information content (AvgIpc) is 3.31. The van der Waals surface area contributed by atoms with Gasteiger partial charge in [0.1, 0.15) is 17.5 Å². The van der Waals surface area contributed by atoms with Gasteiger partial charge in [-0.3, -0.25) is 14.4 Å². The number of amides is 3. The van der Waals surface area contributed by atoms with Crippen molar-refractivity contribution in [2.24, 2.45) is 0 Å². The van der Waals surface area contributed by atoms with Crippen molar-refractivity contribution in [3.8, 4) is 11.5 Å². The van der Waals surface area contributed by atoms with Gasteiger partial charge >= 0.3 is 0 Å². The molecule has 3 rings (SSSR count). The lowest BCUT2D eigenvalue weighted by Gasteiger charge is -2.24. The van der Waals surface area contributed by atoms with Crippen LogP contribution >= 0.6 is 11.6 Å². The molecule has 32 heavy (non-hydrogen) atoms. The van der Waals surface area contributed by atoms with E-state index >= 15 is 0 Å². The maximum Gasteiger partial charge on any atom is 0.261 e. The second-order valence-electron chi connectivity index (χ2n) is 7.26. The summed E-state index contributed by atoms with van der Waals surface area (Å²) < 4.78 is 10.6. The molecule has 1 atom stereocenters. The van der Waals surface area contributed by atoms with Gasteiger partial charge < -0.3 is 25.0 Å². The summed E-state index contributed by atoms with van der Waals surface area (Å²) in [6.45, 7) is 0.899. The Kier molecular flexibility index (Phi) is 8.33. The van der Waals surface area contributed by atoms with E-state index in [-0.39, 0.29) is 37.4 Å². The molecule has 1 aliphatic heterocycles. The fourth-order valence-corrected chi connectivity index (χ4v) is 3.55. The van der Waals surface area contributed by atoms with Gasteiger partial charge in [-0.25, -0.2) is 0 Å². The summed E-state index contributed by atoms with van der Waals surface area (Å²) in [7, 11) is 1.56. The Morgan fingerprint density at radius 2 is 1.66 bits per heavy atom. The molecule has 0 aliphatic carbocycles. The summed E-state index contributed by atoms with van der Waals surface area (Å²) in [5.41, 5.74) is 0.505. The van der Waals surface area contributed by atoms with Crippen molar-refractivity contribution in [1.82, 2.24) is 15.5 Å². The summed E-state index contributed by atoms with van der Waals surface area (Å²) in [5, 5.41) is 6.13. The molecule has 0 bridgehead atoms. The summed E-state index contributed by atoms with van der Waals surface area (Å²) >= 11 is 5.84. The second-order valence-corrected chi connectivity index (χ2v) is 7.70. The smallest absolute Gasteiger partial charge is 0.261 e. The standard InChI is InChI=1S/C23H26ClN3O5/c1-31-18-8-4-16(5-9-18)22(29)25-12-13-26-23(30)20-3-2-14-27(20)21(28)15-32-19-10-6-17(24)7-11-19/h4-11,20H,2-3,12-15H2,1H3,(H,25,29)(H,26,30)/t20-/m0/s1. The van der Waals surface area contributed by atoms with Crippen LogP contribution in [0.3, 0.4) is 0 Å². The number of nitrogens with zero attached hydrogens (tertiary/aromatic N) is 1. The highest BCUT2D eigenvalue weighted by Gasteiger charge is 2.33. The first-order valence-electron chi connectivity index (χ1n) is 10.4. The molecule has 0 unspecified atom stereocenters. The Morgan fingerprint density at radius 1 is 1.00 bits per heavy atom. The number of hydrogen-bond donors (Lipinski definition) is 2. The minimum atomic E-state index is -0.534. The molecule has 2 aromatic carbocycles. The maximum absolute atomic E-state index is 12.6. The van der Waals surface area contributed by atoms with Crippen LogP contribution in [0.5, 0.6) is 11.5 Å². The number of methoxy groups -OCH3 is 1. The molecule has 0 saturated carbocycles. The molecule has 1 saturated heterocycles. The number of halogens is 1. The zero-order valence-corrected chi connectivity index (χ0v) is 18.6. The van der Waals surface area contributed by atoms with Gasteiger partial charge in [0.25, 0.3) is 11.8 Å². The fourth-order valence-electron chi connectivity index (χ4n) is 3.42. The molecule has 0 radical (unpaired) electrons. The molecular formula is C23H26ClN3O5. The van der Waals surface area contributed by atoms with Crippen molar-refractivity contribution < 1.29 is 23.9 Å². The summed E-state index contributed by atoms with van der Waals surface area (Å²) in [6, 6.07) is 12.9. The van der Waals surface area contributed by atoms with Crippen LogP contribution in [0.1, 0.15) is 23.2 Å². The van der Waals surface area contributed by atoms with E-state index in [2.05, 4.69) is 10.6 Å². The van der Waals surface area contributed by atoms with Gasteiger partial charge in [0.2, 0.25) is 5.91 Å². The van der Waals surface area contributed by atoms with Crippen LogP contribution in [0, 0.1) is 0 Å². The van der Waals surface area contributed by atoms with Crippen LogP contribution in [0.25, 0.3) is 0 Å². The Labute approximate surface area is 191 Å². The first-order chi connectivity index (χ1) is 15.5. The molecule has 3 amide bonds. The molecule has 1 heterocycles. The Hall–Kier alpha value is -3.26. The predicted molar refractivity (Wildman–Crippen MR) is 120 cm³/mol. The van der Waals surface area contributed by atoms with Crippen LogP contribution in [0.4, 0.5) is 0 Å². The third-order valence-corrected chi connectivity index (χ3v) is 5.37. The minimum Gasteiger partial charge on any atom is -0.497 e. The lowest BCUT2D eigenvalue weighted by Crippen LogP contribution is -2.48. The third kappa shape index (κ3) is 6.37. The molecule has 0 aromatic heterocycles. The highest BCUT2D eigenvalue weighted by Crippen LogP contribution is 2.19. The maximum atomic E-state index is 12.6. The lowest BCUT2D eigenvalue weighted by molar-refractivity contribution is -0.139. The first-order valence-corrected chi connectivity index (χ1v) is 10.7. The molecule has 8 nitrogen and oxygen atoms in total. The number of benzene rings is 2. The summed E-state index contributed by atoms with van der Waals surface area (Å²) in [6.07, 6.45) is 1.34. The molecule has 2 N–H and O–H groups in total. The van der Waals surface area contributed by atoms with Gasteiger partial charge in [-0.1, -0.05) is 11.6 Å². The van der Waals surface area contributed by atoms with Crippen molar-refractivity contribution in [2.45, 2.75) is 18.9 Å². The molecule has 9 heteroatoms. The van der Waals surface area contributed by atoms with Crippen molar-refractivity contribution >= 4 is 29.3 Å². The molecule has 170 valence electrons. The molecule has 1 fully saturated rings. The Balaban J connectivity index is 1.41. The average molecular weight is 460 g/mol. The van der Waals surface area contributed by atoms with Crippen molar-refractivity contribution in [1.29, 1.82) is 0 Å². The summed E-state index contributed by atoms with van der Waals surface area (Å²) in [5.74, 6) is 0.490. The SMILES string of the molecule is COc1ccc(C(=O)NCCNC(=O)[C@@H]2CCCN2C(=O)COc2ccc(Cl)cc2)cc1. The fraction of sp³-hybridized carbons (Fsp3) is 0.348. The molecule has 0 spiro atoms. The largest absolute Gasteiger partial charge is 0.497 e. The number of likely N-dealkylation sites (tertiary alicyclic amines) is 1. The number of ether oxygens (including phenoxy) is 2. The number of carbonyl (C=O) groups excluding carboxylic acids is 3. The van der Waals surface area contributed by atoms with Crippen molar-refractivity contribution in [3.05, 3.63) is 59.1 Å². The summed E-state index contributed by atoms with van der Waals surface area (Å²) in [4.78, 5) is 38.8. The number of hydrogen-bond acceptors (Lipinski definition) is 5. The van der Waals surface area contributed by atoms with Gasteiger partial charge in [0.15, 0.2) is 6.61 Å². The van der Waals surface area contributed by atoms with E-state index in [1.54, 1.807) is 60.5 Å². The molecule has 2 aromatic rings. The second kappa shape index (κ2) is 11.4. The van der Waals surface area contributed by atoms with Crippen molar-refractivity contribution in [3.63, 3.8) is 0 Å². The van der Waals surface area contributed by atoms with Gasteiger partial charge in [-0.05, 0) is 61.4 Å². The number of carbonyl (C=O) groups is 3. The van der Waals surface area contributed by atoms with Crippen LogP contribution in [-0.2, 0) is 9.59 Å². The van der Waals surface area contributed by atoms with Crippen LogP contribution in [0.2, 0.25) is 5.02 Å². The highest BCUT2D eigenvalue weighted by atomic mass is 35.5. The van der Waals surface area contributed by atoms with E-state index in [0.717, 1.165) is 6.42 Å². The number of nitrogens with one attached hydrogen (secondary N) is 2. The van der Waals surface area contributed by atoms with E-state index in [1.165, 1.54) is 0 Å². The van der Waals surface area contributed by atoms with Crippen LogP contribution in [-0.4, -0.2) is 62.0 Å². The Bertz CT molecular complexity index is 934. The van der Waals surface area contributed by atoms with Gasteiger partial charge in [-0.2, -0.15) is 0 Å². The quantitative estimate of drug-likeness (QED) is 0.561. The van der Waals surface area contributed by atoms with E-state index in [1.807, 2.05) is 0 Å². The zero-order valence-electron chi connectivity index (χ0n) is 17.8. The third-order valence-electron chi connectivity index (χ3n) is 5.11. The lowest BCUT2D eigenvalue weighted by atomic mass is 10.2. The molecule has 1 aliphatic rings. The normalized spacial score (nSPS) is 15.2. The van der Waals surface area contributed by atoms with Gasteiger partial charge in [0, 0.05) is 30.2 Å². The van der Waals surface area contributed by atoms with E-state index in [4.69, 9.17) is 21.1 Å². The monoisotopic (exact) mass is 459 g/mol. The zero-order chi connectivity index (χ0) is 22.9. The van der Waals surface area contributed by atoms with Crippen LogP contribution in [0.15, 0.2) is 48.5 Å². The van der Waals surface area contributed by atoms with E-state index in [9.17, 15) is 14.4 Å². The van der Waals surface area contributed by atoms with Gasteiger partial charge in [0.05, 0.1) is 7.11 Å². The Morgan fingerprint density at radius 3 is 2.34 bits per heavy atom. The van der Waals surface area contributed by atoms with Crippen LogP contribution < -0.4 is 20.1 Å². The van der Waals surface area contributed by atoms with Crippen molar-refractivity contribution in [2.75, 3.05) is 33.4 Å². The predicted octanol–water partition coefficient (Wildman–Crippen LogP) is 2.26. The minimum absolute atomic E-state index is 0.149. The number of rotatable bonds is 9. The molecular weight excluding hydrogens is 434 g/mol.